The van der Waals surface area contributed by atoms with Gasteiger partial charge in [-0.25, -0.2) is 13.9 Å². The molecule has 0 saturated carbocycles. The van der Waals surface area contributed by atoms with E-state index in [0.717, 1.165) is 4.31 Å². The van der Waals surface area contributed by atoms with Crippen LogP contribution >= 0.6 is 11.3 Å². The molecule has 1 aliphatic heterocycles. The van der Waals surface area contributed by atoms with Gasteiger partial charge in [0, 0.05) is 38.4 Å². The predicted molar refractivity (Wildman–Crippen MR) is 148 cm³/mol. The van der Waals surface area contributed by atoms with Crippen LogP contribution in [0.2, 0.25) is 0 Å². The van der Waals surface area contributed by atoms with Crippen LogP contribution in [0.15, 0.2) is 40.9 Å². The van der Waals surface area contributed by atoms with E-state index in [-0.39, 0.29) is 42.8 Å². The van der Waals surface area contributed by atoms with Crippen LogP contribution in [0.3, 0.4) is 0 Å². The number of amides is 3. The van der Waals surface area contributed by atoms with Gasteiger partial charge in [0.05, 0.1) is 36.4 Å². The quantitative estimate of drug-likeness (QED) is 0.167. The monoisotopic (exact) mass is 597 g/mol. The lowest BCUT2D eigenvalue weighted by Gasteiger charge is -2.33. The average molecular weight is 598 g/mol. The number of thiazole rings is 1. The van der Waals surface area contributed by atoms with Gasteiger partial charge in [-0.15, -0.1) is 11.3 Å². The zero-order valence-corrected chi connectivity index (χ0v) is 24.0. The molecular weight excluding hydrogens is 562 g/mol. The second-order valence-corrected chi connectivity index (χ2v) is 12.1. The number of likely N-dealkylation sites (N-methyl/N-ethyl adjacent to an activating group) is 1. The van der Waals surface area contributed by atoms with Gasteiger partial charge >= 0.3 is 0 Å². The Morgan fingerprint density at radius 2 is 1.88 bits per heavy atom. The maximum Gasteiger partial charge on any atom is 0.267 e. The number of benzene rings is 1. The van der Waals surface area contributed by atoms with Gasteiger partial charge in [-0.1, -0.05) is 0 Å². The van der Waals surface area contributed by atoms with Crippen molar-refractivity contribution in [2.24, 2.45) is 0 Å². The predicted octanol–water partition coefficient (Wildman–Crippen LogP) is -0.340. The molecule has 40 heavy (non-hydrogen) atoms. The fourth-order valence-corrected chi connectivity index (χ4v) is 6.17. The third kappa shape index (κ3) is 9.02. The van der Waals surface area contributed by atoms with Crippen molar-refractivity contribution in [2.75, 3.05) is 71.9 Å². The molecule has 14 nitrogen and oxygen atoms in total. The Hall–Kier alpha value is -2.99. The molecule has 1 aromatic heterocycles. The standard InChI is InChI=1S/C24H35N7O7S2/c1-29(2)16-22(32)26-8-7-20(23(33)28-35)31(10-9-30-11-13-38-14-12-30)40(36,37)19-5-3-18(4-6-19)27-24(34)21-15-25-17-39-21/h3-6,15,17,20,35H,7-14,16H2,1-2H3,(H,26,32)(H,27,34)(H,28,33). The van der Waals surface area contributed by atoms with Crippen molar-refractivity contribution in [3.05, 3.63) is 40.8 Å². The number of rotatable bonds is 14. The third-order valence-electron chi connectivity index (χ3n) is 6.08. The molecule has 3 amide bonds. The van der Waals surface area contributed by atoms with Crippen molar-refractivity contribution in [3.8, 4) is 0 Å². The zero-order valence-electron chi connectivity index (χ0n) is 22.4. The van der Waals surface area contributed by atoms with Gasteiger partial charge in [0.1, 0.15) is 10.9 Å². The van der Waals surface area contributed by atoms with Crippen LogP contribution in [0.5, 0.6) is 0 Å². The molecule has 16 heteroatoms. The van der Waals surface area contributed by atoms with Crippen LogP contribution in [-0.2, 0) is 24.3 Å². The molecule has 2 heterocycles. The summed E-state index contributed by atoms with van der Waals surface area (Å²) in [6, 6.07) is 4.28. The number of carbonyl (C=O) groups excluding carboxylic acids is 3. The summed E-state index contributed by atoms with van der Waals surface area (Å²) < 4.78 is 34.1. The number of ether oxygens (including phenoxy) is 1. The summed E-state index contributed by atoms with van der Waals surface area (Å²) in [4.78, 5) is 45.0. The first-order valence-corrected chi connectivity index (χ1v) is 14.9. The highest BCUT2D eigenvalue weighted by Gasteiger charge is 2.36. The number of hydrogen-bond acceptors (Lipinski definition) is 11. The van der Waals surface area contributed by atoms with Gasteiger partial charge in [-0.05, 0) is 44.8 Å². The molecule has 0 spiro atoms. The highest BCUT2D eigenvalue weighted by atomic mass is 32.2. The fraction of sp³-hybridized carbons (Fsp3) is 0.500. The maximum atomic E-state index is 13.9. The molecule has 1 saturated heterocycles. The van der Waals surface area contributed by atoms with Crippen molar-refractivity contribution >= 4 is 44.8 Å². The number of nitrogens with one attached hydrogen (secondary N) is 3. The zero-order chi connectivity index (χ0) is 29.1. The largest absolute Gasteiger partial charge is 0.379 e. The Balaban J connectivity index is 1.82. The fourth-order valence-electron chi connectivity index (χ4n) is 4.05. The molecule has 3 rings (SSSR count). The van der Waals surface area contributed by atoms with E-state index in [1.807, 2.05) is 4.90 Å². The second-order valence-electron chi connectivity index (χ2n) is 9.28. The van der Waals surface area contributed by atoms with E-state index in [0.29, 0.717) is 43.4 Å². The van der Waals surface area contributed by atoms with E-state index < -0.39 is 22.0 Å². The first-order chi connectivity index (χ1) is 19.1. The van der Waals surface area contributed by atoms with E-state index in [4.69, 9.17) is 4.74 Å². The number of morpholine rings is 1. The van der Waals surface area contributed by atoms with Crippen LogP contribution in [0.1, 0.15) is 16.1 Å². The molecule has 4 N–H and O–H groups in total. The summed E-state index contributed by atoms with van der Waals surface area (Å²) in [5.41, 5.74) is 3.48. The Morgan fingerprint density at radius 3 is 2.48 bits per heavy atom. The highest BCUT2D eigenvalue weighted by molar-refractivity contribution is 7.89. The molecule has 1 fully saturated rings. The normalized spacial score (nSPS) is 15.1. The number of sulfonamides is 1. The molecule has 1 unspecified atom stereocenters. The summed E-state index contributed by atoms with van der Waals surface area (Å²) in [5.74, 6) is -1.58. The van der Waals surface area contributed by atoms with Gasteiger partial charge in [0.2, 0.25) is 15.9 Å². The summed E-state index contributed by atoms with van der Waals surface area (Å²) in [6.45, 7) is 2.67. The number of carbonyl (C=O) groups is 3. The number of aromatic nitrogens is 1. The lowest BCUT2D eigenvalue weighted by Crippen LogP contribution is -2.53. The van der Waals surface area contributed by atoms with E-state index in [1.165, 1.54) is 47.3 Å². The number of hydrogen-bond donors (Lipinski definition) is 4. The van der Waals surface area contributed by atoms with Crippen LogP contribution in [0, 0.1) is 0 Å². The second kappa shape index (κ2) is 15.1. The Morgan fingerprint density at radius 1 is 1.18 bits per heavy atom. The molecular formula is C24H35N7O7S2. The summed E-state index contributed by atoms with van der Waals surface area (Å²) >= 11 is 1.17. The summed E-state index contributed by atoms with van der Waals surface area (Å²) in [6.07, 6.45) is 1.36. The van der Waals surface area contributed by atoms with Crippen molar-refractivity contribution in [1.29, 1.82) is 0 Å². The van der Waals surface area contributed by atoms with Crippen molar-refractivity contribution in [1.82, 2.24) is 29.9 Å². The molecule has 1 atom stereocenters. The Labute approximate surface area is 237 Å². The molecule has 220 valence electrons. The maximum absolute atomic E-state index is 13.9. The van der Waals surface area contributed by atoms with E-state index in [9.17, 15) is 28.0 Å². The molecule has 0 bridgehead atoms. The van der Waals surface area contributed by atoms with Crippen molar-refractivity contribution in [3.63, 3.8) is 0 Å². The third-order valence-corrected chi connectivity index (χ3v) is 8.77. The van der Waals surface area contributed by atoms with E-state index in [1.54, 1.807) is 24.5 Å². The van der Waals surface area contributed by atoms with Gasteiger partial charge in [0.15, 0.2) is 0 Å². The number of anilines is 1. The average Bonchev–Trinajstić information content (AvgIpc) is 3.47. The first-order valence-electron chi connectivity index (χ1n) is 12.6. The topological polar surface area (TPSA) is 174 Å². The Bertz CT molecular complexity index is 1220. The smallest absolute Gasteiger partial charge is 0.267 e. The first kappa shape index (κ1) is 31.5. The van der Waals surface area contributed by atoms with Crippen molar-refractivity contribution in [2.45, 2.75) is 17.4 Å². The van der Waals surface area contributed by atoms with Crippen LogP contribution < -0.4 is 16.1 Å². The lowest BCUT2D eigenvalue weighted by atomic mass is 10.2. The molecule has 2 aromatic rings. The minimum Gasteiger partial charge on any atom is -0.379 e. The van der Waals surface area contributed by atoms with E-state index >= 15 is 0 Å². The van der Waals surface area contributed by atoms with Gasteiger partial charge in [-0.3, -0.25) is 29.5 Å². The number of nitrogens with zero attached hydrogens (tertiary/aromatic N) is 4. The highest BCUT2D eigenvalue weighted by Crippen LogP contribution is 2.23. The Kier molecular flexibility index (Phi) is 11.9. The summed E-state index contributed by atoms with van der Waals surface area (Å²) in [7, 11) is -0.785. The van der Waals surface area contributed by atoms with Crippen LogP contribution in [0.4, 0.5) is 5.69 Å². The molecule has 1 aromatic carbocycles. The minimum atomic E-state index is -4.25. The minimum absolute atomic E-state index is 0.0108. The van der Waals surface area contributed by atoms with E-state index in [2.05, 4.69) is 15.6 Å². The summed E-state index contributed by atoms with van der Waals surface area (Å²) in [5, 5.41) is 14.8. The van der Waals surface area contributed by atoms with Crippen molar-refractivity contribution < 1.29 is 32.7 Å². The van der Waals surface area contributed by atoms with Gasteiger partial charge in [-0.2, -0.15) is 4.31 Å². The molecule has 0 radical (unpaired) electrons. The molecule has 0 aliphatic carbocycles. The van der Waals surface area contributed by atoms with Gasteiger partial charge in [0.25, 0.3) is 11.8 Å². The van der Waals surface area contributed by atoms with Crippen LogP contribution in [-0.4, -0.2) is 123 Å². The van der Waals surface area contributed by atoms with Crippen LogP contribution in [0.25, 0.3) is 0 Å². The SMILES string of the molecule is CN(C)CC(=O)NCCC(C(=O)NO)N(CCN1CCOCC1)S(=O)(=O)c1ccc(NC(=O)c2cncs2)cc1. The lowest BCUT2D eigenvalue weighted by molar-refractivity contribution is -0.133. The van der Waals surface area contributed by atoms with Gasteiger partial charge < -0.3 is 20.3 Å². The number of hydroxylamine groups is 1. The molecule has 1 aliphatic rings.